The standard InChI is InChI=1S/C15H13F2NO2/c1-9(19)10-5-7-11(8-6-10)18-15(20)12-3-2-4-13(16)14(12)17/h2-9,19H,1H3,(H,18,20). The molecule has 0 radical (unpaired) electrons. The molecule has 1 atom stereocenters. The van der Waals surface area contributed by atoms with Crippen molar-refractivity contribution < 1.29 is 18.7 Å². The van der Waals surface area contributed by atoms with Crippen molar-refractivity contribution in [2.45, 2.75) is 13.0 Å². The van der Waals surface area contributed by atoms with Gasteiger partial charge in [0.1, 0.15) is 0 Å². The van der Waals surface area contributed by atoms with E-state index in [0.29, 0.717) is 11.3 Å². The average Bonchev–Trinajstić information content (AvgIpc) is 2.42. The number of benzene rings is 2. The van der Waals surface area contributed by atoms with Crippen LogP contribution < -0.4 is 5.32 Å². The van der Waals surface area contributed by atoms with Crippen LogP contribution in [0.15, 0.2) is 42.5 Å². The third-order valence-electron chi connectivity index (χ3n) is 2.85. The van der Waals surface area contributed by atoms with E-state index in [4.69, 9.17) is 0 Å². The molecule has 0 aliphatic heterocycles. The van der Waals surface area contributed by atoms with Crippen molar-refractivity contribution in [3.8, 4) is 0 Å². The molecule has 2 aromatic carbocycles. The Kier molecular flexibility index (Phi) is 4.10. The summed E-state index contributed by atoms with van der Waals surface area (Å²) in [6, 6.07) is 9.87. The van der Waals surface area contributed by atoms with Gasteiger partial charge in [-0.3, -0.25) is 4.79 Å². The molecule has 1 unspecified atom stereocenters. The smallest absolute Gasteiger partial charge is 0.258 e. The molecule has 0 aliphatic carbocycles. The van der Waals surface area contributed by atoms with Gasteiger partial charge in [-0.05, 0) is 36.8 Å². The number of aliphatic hydroxyl groups is 1. The fraction of sp³-hybridized carbons (Fsp3) is 0.133. The first kappa shape index (κ1) is 14.1. The van der Waals surface area contributed by atoms with Gasteiger partial charge in [-0.15, -0.1) is 0 Å². The molecule has 0 aliphatic rings. The monoisotopic (exact) mass is 277 g/mol. The molecule has 0 bridgehead atoms. The van der Waals surface area contributed by atoms with Gasteiger partial charge in [0, 0.05) is 5.69 Å². The Hall–Kier alpha value is -2.27. The Morgan fingerprint density at radius 3 is 2.40 bits per heavy atom. The van der Waals surface area contributed by atoms with Crippen LogP contribution in [0.25, 0.3) is 0 Å². The summed E-state index contributed by atoms with van der Waals surface area (Å²) >= 11 is 0. The molecule has 104 valence electrons. The second-order valence-corrected chi connectivity index (χ2v) is 4.35. The summed E-state index contributed by atoms with van der Waals surface area (Å²) in [5.74, 6) is -2.97. The van der Waals surface area contributed by atoms with Gasteiger partial charge in [-0.2, -0.15) is 0 Å². The van der Waals surface area contributed by atoms with E-state index in [1.807, 2.05) is 0 Å². The zero-order valence-electron chi connectivity index (χ0n) is 10.7. The number of rotatable bonds is 3. The van der Waals surface area contributed by atoms with Crippen LogP contribution in [-0.4, -0.2) is 11.0 Å². The zero-order valence-corrected chi connectivity index (χ0v) is 10.7. The summed E-state index contributed by atoms with van der Waals surface area (Å²) in [5.41, 5.74) is 0.771. The Balaban J connectivity index is 2.17. The molecule has 0 fully saturated rings. The molecule has 0 heterocycles. The number of carbonyl (C=O) groups excluding carboxylic acids is 1. The van der Waals surface area contributed by atoms with Crippen molar-refractivity contribution >= 4 is 11.6 Å². The van der Waals surface area contributed by atoms with E-state index in [9.17, 15) is 18.7 Å². The second-order valence-electron chi connectivity index (χ2n) is 4.35. The Morgan fingerprint density at radius 1 is 1.15 bits per heavy atom. The molecule has 3 nitrogen and oxygen atoms in total. The number of halogens is 2. The van der Waals surface area contributed by atoms with Gasteiger partial charge >= 0.3 is 0 Å². The molecule has 0 saturated heterocycles. The van der Waals surface area contributed by atoms with Gasteiger partial charge in [0.05, 0.1) is 11.7 Å². The number of hydrogen-bond acceptors (Lipinski definition) is 2. The maximum absolute atomic E-state index is 13.5. The van der Waals surface area contributed by atoms with Crippen LogP contribution in [0.2, 0.25) is 0 Å². The first-order valence-corrected chi connectivity index (χ1v) is 6.02. The lowest BCUT2D eigenvalue weighted by Crippen LogP contribution is -2.14. The molecule has 0 saturated carbocycles. The van der Waals surface area contributed by atoms with E-state index in [2.05, 4.69) is 5.32 Å². The minimum atomic E-state index is -1.18. The third kappa shape index (κ3) is 3.00. The van der Waals surface area contributed by atoms with Crippen molar-refractivity contribution in [1.82, 2.24) is 0 Å². The van der Waals surface area contributed by atoms with Gasteiger partial charge in [-0.1, -0.05) is 18.2 Å². The van der Waals surface area contributed by atoms with Crippen LogP contribution in [0.4, 0.5) is 14.5 Å². The number of hydrogen-bond donors (Lipinski definition) is 2. The van der Waals surface area contributed by atoms with Crippen LogP contribution in [-0.2, 0) is 0 Å². The molecule has 2 rings (SSSR count). The zero-order chi connectivity index (χ0) is 14.7. The summed E-state index contributed by atoms with van der Waals surface area (Å²) in [7, 11) is 0. The molecular weight excluding hydrogens is 264 g/mol. The van der Waals surface area contributed by atoms with Crippen molar-refractivity contribution in [3.05, 3.63) is 65.2 Å². The average molecular weight is 277 g/mol. The van der Waals surface area contributed by atoms with E-state index in [0.717, 1.165) is 6.07 Å². The molecule has 0 spiro atoms. The number of nitrogens with one attached hydrogen (secondary N) is 1. The van der Waals surface area contributed by atoms with Crippen molar-refractivity contribution in [1.29, 1.82) is 0 Å². The minimum Gasteiger partial charge on any atom is -0.389 e. The van der Waals surface area contributed by atoms with E-state index in [1.54, 1.807) is 31.2 Å². The van der Waals surface area contributed by atoms with Crippen LogP contribution in [0, 0.1) is 11.6 Å². The first-order valence-electron chi connectivity index (χ1n) is 6.02. The Labute approximate surface area is 114 Å². The molecule has 1 amide bonds. The summed E-state index contributed by atoms with van der Waals surface area (Å²) < 4.78 is 26.5. The van der Waals surface area contributed by atoms with E-state index in [-0.39, 0.29) is 5.56 Å². The summed E-state index contributed by atoms with van der Waals surface area (Å²) in [6.45, 7) is 1.62. The van der Waals surface area contributed by atoms with Gasteiger partial charge in [0.2, 0.25) is 0 Å². The fourth-order valence-electron chi connectivity index (χ4n) is 1.72. The fourth-order valence-corrected chi connectivity index (χ4v) is 1.72. The van der Waals surface area contributed by atoms with E-state index in [1.165, 1.54) is 12.1 Å². The van der Waals surface area contributed by atoms with Crippen LogP contribution in [0.1, 0.15) is 28.9 Å². The Bertz CT molecular complexity index is 624. The predicted octanol–water partition coefficient (Wildman–Crippen LogP) is 3.27. The molecule has 20 heavy (non-hydrogen) atoms. The van der Waals surface area contributed by atoms with Crippen molar-refractivity contribution in [3.63, 3.8) is 0 Å². The molecule has 2 aromatic rings. The van der Waals surface area contributed by atoms with Crippen molar-refractivity contribution in [2.75, 3.05) is 5.32 Å². The first-order chi connectivity index (χ1) is 9.49. The van der Waals surface area contributed by atoms with Gasteiger partial charge < -0.3 is 10.4 Å². The molecule has 2 N–H and O–H groups in total. The normalized spacial score (nSPS) is 12.0. The van der Waals surface area contributed by atoms with Crippen LogP contribution in [0.3, 0.4) is 0 Å². The predicted molar refractivity (Wildman–Crippen MR) is 71.4 cm³/mol. The summed E-state index contributed by atoms with van der Waals surface area (Å²) in [6.07, 6.45) is -0.611. The minimum absolute atomic E-state index is 0.357. The molecule has 0 aromatic heterocycles. The Morgan fingerprint density at radius 2 is 1.80 bits per heavy atom. The highest BCUT2D eigenvalue weighted by Crippen LogP contribution is 2.17. The third-order valence-corrected chi connectivity index (χ3v) is 2.85. The van der Waals surface area contributed by atoms with E-state index < -0.39 is 23.6 Å². The number of carbonyl (C=O) groups is 1. The number of aliphatic hydroxyl groups excluding tert-OH is 1. The summed E-state index contributed by atoms with van der Waals surface area (Å²) in [5, 5.41) is 11.8. The molecule has 5 heteroatoms. The van der Waals surface area contributed by atoms with Crippen LogP contribution >= 0.6 is 0 Å². The van der Waals surface area contributed by atoms with Gasteiger partial charge in [0.25, 0.3) is 5.91 Å². The second kappa shape index (κ2) is 5.79. The highest BCUT2D eigenvalue weighted by molar-refractivity contribution is 6.04. The molecular formula is C15H13F2NO2. The maximum Gasteiger partial charge on any atom is 0.258 e. The highest BCUT2D eigenvalue weighted by atomic mass is 19.2. The van der Waals surface area contributed by atoms with Crippen LogP contribution in [0.5, 0.6) is 0 Å². The number of anilines is 1. The lowest BCUT2D eigenvalue weighted by Gasteiger charge is -2.08. The van der Waals surface area contributed by atoms with Gasteiger partial charge in [-0.25, -0.2) is 8.78 Å². The maximum atomic E-state index is 13.5. The SMILES string of the molecule is CC(O)c1ccc(NC(=O)c2cccc(F)c2F)cc1. The van der Waals surface area contributed by atoms with E-state index >= 15 is 0 Å². The van der Waals surface area contributed by atoms with Crippen molar-refractivity contribution in [2.24, 2.45) is 0 Å². The lowest BCUT2D eigenvalue weighted by atomic mass is 10.1. The van der Waals surface area contributed by atoms with Gasteiger partial charge in [0.15, 0.2) is 11.6 Å². The quantitative estimate of drug-likeness (QED) is 0.904. The topological polar surface area (TPSA) is 49.3 Å². The highest BCUT2D eigenvalue weighted by Gasteiger charge is 2.15. The lowest BCUT2D eigenvalue weighted by molar-refractivity contribution is 0.102. The summed E-state index contributed by atoms with van der Waals surface area (Å²) in [4.78, 5) is 11.8. The number of amides is 1. The largest absolute Gasteiger partial charge is 0.389 e.